The SMILES string of the molecule is COCC(C)OCC(O)Cn1nnc(C(=O)O)c1C1CC1. The van der Waals surface area contributed by atoms with Crippen LogP contribution in [-0.4, -0.2) is 63.7 Å². The van der Waals surface area contributed by atoms with Crippen molar-refractivity contribution in [1.82, 2.24) is 15.0 Å². The fraction of sp³-hybridized carbons (Fsp3) is 0.769. The van der Waals surface area contributed by atoms with Crippen LogP contribution in [0.3, 0.4) is 0 Å². The predicted octanol–water partition coefficient (Wildman–Crippen LogP) is 0.266. The molecular formula is C13H21N3O5. The zero-order valence-electron chi connectivity index (χ0n) is 12.2. The van der Waals surface area contributed by atoms with Crippen LogP contribution in [0.25, 0.3) is 0 Å². The molecule has 0 aliphatic heterocycles. The molecule has 0 amide bonds. The Balaban J connectivity index is 1.94. The third-order valence-electron chi connectivity index (χ3n) is 3.30. The molecule has 8 heteroatoms. The van der Waals surface area contributed by atoms with Gasteiger partial charge < -0.3 is 19.7 Å². The number of nitrogens with zero attached hydrogens (tertiary/aromatic N) is 3. The number of aliphatic hydroxyl groups excluding tert-OH is 1. The lowest BCUT2D eigenvalue weighted by atomic mass is 10.2. The van der Waals surface area contributed by atoms with Crippen molar-refractivity contribution in [3.63, 3.8) is 0 Å². The van der Waals surface area contributed by atoms with E-state index in [2.05, 4.69) is 10.3 Å². The Hall–Kier alpha value is -1.51. The number of aromatic nitrogens is 3. The van der Waals surface area contributed by atoms with Crippen molar-refractivity contribution in [2.75, 3.05) is 20.3 Å². The number of carboxylic acid groups (broad SMARTS) is 1. The smallest absolute Gasteiger partial charge is 0.358 e. The molecule has 8 nitrogen and oxygen atoms in total. The standard InChI is InChI=1S/C13H21N3O5/c1-8(6-20-2)21-7-10(17)5-16-12(9-3-4-9)11(13(18)19)14-15-16/h8-10,17H,3-7H2,1-2H3,(H,18,19). The van der Waals surface area contributed by atoms with E-state index in [4.69, 9.17) is 14.6 Å². The third-order valence-corrected chi connectivity index (χ3v) is 3.30. The monoisotopic (exact) mass is 299 g/mol. The molecule has 0 aromatic carbocycles. The minimum absolute atomic E-state index is 0.0154. The highest BCUT2D eigenvalue weighted by Gasteiger charge is 2.34. The van der Waals surface area contributed by atoms with Gasteiger partial charge in [-0.25, -0.2) is 9.48 Å². The Kier molecular flexibility index (Phi) is 5.27. The van der Waals surface area contributed by atoms with Crippen molar-refractivity contribution in [3.05, 3.63) is 11.4 Å². The fourth-order valence-corrected chi connectivity index (χ4v) is 2.18. The highest BCUT2D eigenvalue weighted by molar-refractivity contribution is 5.86. The molecule has 1 saturated carbocycles. The van der Waals surface area contributed by atoms with Crippen LogP contribution in [-0.2, 0) is 16.0 Å². The summed E-state index contributed by atoms with van der Waals surface area (Å²) in [7, 11) is 1.58. The van der Waals surface area contributed by atoms with Crippen LogP contribution in [0.5, 0.6) is 0 Å². The Bertz CT molecular complexity index is 486. The maximum Gasteiger partial charge on any atom is 0.358 e. The van der Waals surface area contributed by atoms with Crippen molar-refractivity contribution in [2.24, 2.45) is 0 Å². The van der Waals surface area contributed by atoms with Gasteiger partial charge in [-0.15, -0.1) is 5.10 Å². The second kappa shape index (κ2) is 6.97. The van der Waals surface area contributed by atoms with E-state index in [1.54, 1.807) is 7.11 Å². The van der Waals surface area contributed by atoms with Crippen molar-refractivity contribution in [1.29, 1.82) is 0 Å². The first-order valence-electron chi connectivity index (χ1n) is 6.98. The highest BCUT2D eigenvalue weighted by Crippen LogP contribution is 2.41. The maximum absolute atomic E-state index is 11.1. The third kappa shape index (κ3) is 4.23. The summed E-state index contributed by atoms with van der Waals surface area (Å²) in [5, 5.41) is 26.6. The Morgan fingerprint density at radius 3 is 2.76 bits per heavy atom. The first-order chi connectivity index (χ1) is 10.0. The van der Waals surface area contributed by atoms with Crippen molar-refractivity contribution >= 4 is 5.97 Å². The molecule has 0 spiro atoms. The van der Waals surface area contributed by atoms with Gasteiger partial charge in [-0.2, -0.15) is 0 Å². The van der Waals surface area contributed by atoms with Gasteiger partial charge in [0, 0.05) is 13.0 Å². The van der Waals surface area contributed by atoms with E-state index in [9.17, 15) is 9.90 Å². The second-order valence-corrected chi connectivity index (χ2v) is 5.34. The van der Waals surface area contributed by atoms with Gasteiger partial charge in [-0.3, -0.25) is 0 Å². The molecule has 0 saturated heterocycles. The number of rotatable bonds is 9. The largest absolute Gasteiger partial charge is 0.476 e. The van der Waals surface area contributed by atoms with E-state index in [-0.39, 0.29) is 30.9 Å². The summed E-state index contributed by atoms with van der Waals surface area (Å²) in [5.41, 5.74) is 0.588. The van der Waals surface area contributed by atoms with E-state index >= 15 is 0 Å². The summed E-state index contributed by atoms with van der Waals surface area (Å²) in [5.74, 6) is -0.894. The zero-order chi connectivity index (χ0) is 15.4. The van der Waals surface area contributed by atoms with Gasteiger partial charge in [0.2, 0.25) is 0 Å². The minimum Gasteiger partial charge on any atom is -0.476 e. The molecule has 1 fully saturated rings. The van der Waals surface area contributed by atoms with Gasteiger partial charge in [-0.05, 0) is 19.8 Å². The van der Waals surface area contributed by atoms with Gasteiger partial charge >= 0.3 is 5.97 Å². The molecule has 21 heavy (non-hydrogen) atoms. The summed E-state index contributed by atoms with van der Waals surface area (Å²) in [4.78, 5) is 11.1. The van der Waals surface area contributed by atoms with Crippen LogP contribution in [0, 0.1) is 0 Å². The molecule has 1 aliphatic carbocycles. The van der Waals surface area contributed by atoms with Gasteiger partial charge in [0.25, 0.3) is 0 Å². The quantitative estimate of drug-likeness (QED) is 0.673. The topological polar surface area (TPSA) is 107 Å². The normalized spacial score (nSPS) is 17.7. The van der Waals surface area contributed by atoms with Crippen LogP contribution in [0.2, 0.25) is 0 Å². The number of aromatic carboxylic acids is 1. The molecule has 1 aromatic heterocycles. The number of aliphatic hydroxyl groups is 1. The van der Waals surface area contributed by atoms with Gasteiger partial charge in [0.15, 0.2) is 5.69 Å². The Morgan fingerprint density at radius 2 is 2.19 bits per heavy atom. The van der Waals surface area contributed by atoms with E-state index in [0.717, 1.165) is 12.8 Å². The van der Waals surface area contributed by atoms with Crippen molar-refractivity contribution in [3.8, 4) is 0 Å². The second-order valence-electron chi connectivity index (χ2n) is 5.34. The molecule has 0 bridgehead atoms. The van der Waals surface area contributed by atoms with E-state index in [1.165, 1.54) is 4.68 Å². The number of carbonyl (C=O) groups is 1. The number of methoxy groups -OCH3 is 1. The van der Waals surface area contributed by atoms with Gasteiger partial charge in [0.05, 0.1) is 37.7 Å². The lowest BCUT2D eigenvalue weighted by Gasteiger charge is -2.16. The van der Waals surface area contributed by atoms with Gasteiger partial charge in [-0.1, -0.05) is 5.21 Å². The average Bonchev–Trinajstić information content (AvgIpc) is 3.18. The van der Waals surface area contributed by atoms with E-state index < -0.39 is 12.1 Å². The molecule has 118 valence electrons. The molecule has 1 heterocycles. The lowest BCUT2D eigenvalue weighted by Crippen LogP contribution is -2.27. The molecule has 2 atom stereocenters. The first-order valence-corrected chi connectivity index (χ1v) is 6.98. The number of hydrogen-bond acceptors (Lipinski definition) is 6. The summed E-state index contributed by atoms with van der Waals surface area (Å²) in [6.07, 6.45) is 0.985. The summed E-state index contributed by atoms with van der Waals surface area (Å²) >= 11 is 0. The predicted molar refractivity (Wildman–Crippen MR) is 72.3 cm³/mol. The summed E-state index contributed by atoms with van der Waals surface area (Å²) < 4.78 is 11.9. The van der Waals surface area contributed by atoms with Gasteiger partial charge in [0.1, 0.15) is 0 Å². The molecule has 1 aliphatic rings. The van der Waals surface area contributed by atoms with Crippen LogP contribution in [0.4, 0.5) is 0 Å². The number of hydrogen-bond donors (Lipinski definition) is 2. The van der Waals surface area contributed by atoms with Crippen LogP contribution in [0.1, 0.15) is 41.9 Å². The van der Waals surface area contributed by atoms with Crippen LogP contribution in [0.15, 0.2) is 0 Å². The molecule has 2 N–H and O–H groups in total. The minimum atomic E-state index is -1.08. The van der Waals surface area contributed by atoms with E-state index in [1.807, 2.05) is 6.92 Å². The Morgan fingerprint density at radius 1 is 1.48 bits per heavy atom. The molecular weight excluding hydrogens is 278 g/mol. The Labute approximate surface area is 122 Å². The number of ether oxygens (including phenoxy) is 2. The maximum atomic E-state index is 11.1. The summed E-state index contributed by atoms with van der Waals surface area (Å²) in [6, 6.07) is 0. The average molecular weight is 299 g/mol. The van der Waals surface area contributed by atoms with Crippen LogP contribution < -0.4 is 0 Å². The zero-order valence-corrected chi connectivity index (χ0v) is 12.2. The summed E-state index contributed by atoms with van der Waals surface area (Å²) in [6.45, 7) is 2.61. The highest BCUT2D eigenvalue weighted by atomic mass is 16.5. The molecule has 2 rings (SSSR count). The van der Waals surface area contributed by atoms with Crippen molar-refractivity contribution < 1.29 is 24.5 Å². The molecule has 1 aromatic rings. The van der Waals surface area contributed by atoms with Crippen molar-refractivity contribution in [2.45, 2.75) is 44.4 Å². The molecule has 2 unspecified atom stereocenters. The number of carboxylic acids is 1. The van der Waals surface area contributed by atoms with Crippen LogP contribution >= 0.6 is 0 Å². The first kappa shape index (κ1) is 15.9. The molecule has 0 radical (unpaired) electrons. The lowest BCUT2D eigenvalue weighted by molar-refractivity contribution is -0.0367. The van der Waals surface area contributed by atoms with E-state index in [0.29, 0.717) is 12.3 Å². The fourth-order valence-electron chi connectivity index (χ4n) is 2.18.